The highest BCUT2D eigenvalue weighted by Crippen LogP contribution is 2.11. The highest BCUT2D eigenvalue weighted by Gasteiger charge is 2.03. The number of carbonyl (C=O) groups is 1. The van der Waals surface area contributed by atoms with Gasteiger partial charge in [0.2, 0.25) is 5.91 Å². The molecular formula is C14H14FNO3. The van der Waals surface area contributed by atoms with Gasteiger partial charge in [0.05, 0.1) is 25.8 Å². The van der Waals surface area contributed by atoms with Crippen LogP contribution in [0.4, 0.5) is 4.39 Å². The molecule has 1 N–H and O–H groups in total. The molecule has 0 aliphatic carbocycles. The molecule has 1 aromatic carbocycles. The standard InChI is InChI=1S/C14H14FNO3/c15-11-3-5-12(6-4-11)19-9-7-14(17)16-10-13-2-1-8-18-13/h1-6,8H,7,9-10H2,(H,16,17). The molecule has 0 atom stereocenters. The van der Waals surface area contributed by atoms with E-state index in [0.29, 0.717) is 18.1 Å². The Morgan fingerprint density at radius 2 is 2.05 bits per heavy atom. The Hall–Kier alpha value is -2.30. The molecule has 0 bridgehead atoms. The zero-order valence-electron chi connectivity index (χ0n) is 10.3. The number of hydrogen-bond donors (Lipinski definition) is 1. The van der Waals surface area contributed by atoms with Crippen LogP contribution in [0, 0.1) is 5.82 Å². The SMILES string of the molecule is O=C(CCOc1ccc(F)cc1)NCc1ccco1. The van der Waals surface area contributed by atoms with Crippen LogP contribution in [0.15, 0.2) is 47.1 Å². The molecule has 0 unspecified atom stereocenters. The molecule has 0 saturated carbocycles. The lowest BCUT2D eigenvalue weighted by molar-refractivity contribution is -0.121. The van der Waals surface area contributed by atoms with Gasteiger partial charge in [0.25, 0.3) is 0 Å². The maximum atomic E-state index is 12.6. The fourth-order valence-electron chi connectivity index (χ4n) is 1.48. The van der Waals surface area contributed by atoms with Gasteiger partial charge in [0.15, 0.2) is 0 Å². The quantitative estimate of drug-likeness (QED) is 0.871. The van der Waals surface area contributed by atoms with Crippen LogP contribution in [-0.4, -0.2) is 12.5 Å². The Labute approximate surface area is 110 Å². The van der Waals surface area contributed by atoms with Crippen molar-refractivity contribution in [3.05, 3.63) is 54.2 Å². The second-order valence-corrected chi connectivity index (χ2v) is 3.91. The van der Waals surface area contributed by atoms with Gasteiger partial charge >= 0.3 is 0 Å². The first-order valence-electron chi connectivity index (χ1n) is 5.91. The molecule has 1 amide bonds. The van der Waals surface area contributed by atoms with Crippen molar-refractivity contribution in [3.63, 3.8) is 0 Å². The third kappa shape index (κ3) is 4.46. The molecular weight excluding hydrogens is 249 g/mol. The van der Waals surface area contributed by atoms with Gasteiger partial charge in [-0.3, -0.25) is 4.79 Å². The molecule has 4 nitrogen and oxygen atoms in total. The Morgan fingerprint density at radius 3 is 2.74 bits per heavy atom. The van der Waals surface area contributed by atoms with E-state index in [1.54, 1.807) is 18.4 Å². The highest BCUT2D eigenvalue weighted by molar-refractivity contribution is 5.75. The van der Waals surface area contributed by atoms with Crippen LogP contribution in [0.5, 0.6) is 5.75 Å². The third-order valence-electron chi connectivity index (χ3n) is 2.45. The Balaban J connectivity index is 1.65. The minimum absolute atomic E-state index is 0.126. The van der Waals surface area contributed by atoms with Crippen LogP contribution in [-0.2, 0) is 11.3 Å². The number of rotatable bonds is 6. The van der Waals surface area contributed by atoms with Crippen molar-refractivity contribution in [3.8, 4) is 5.75 Å². The van der Waals surface area contributed by atoms with E-state index in [4.69, 9.17) is 9.15 Å². The lowest BCUT2D eigenvalue weighted by atomic mass is 10.3. The number of halogens is 1. The monoisotopic (exact) mass is 263 g/mol. The highest BCUT2D eigenvalue weighted by atomic mass is 19.1. The first-order valence-corrected chi connectivity index (χ1v) is 5.91. The van der Waals surface area contributed by atoms with Gasteiger partial charge in [-0.15, -0.1) is 0 Å². The predicted octanol–water partition coefficient (Wildman–Crippen LogP) is 2.50. The molecule has 0 aliphatic rings. The van der Waals surface area contributed by atoms with Gasteiger partial charge in [0, 0.05) is 0 Å². The Kier molecular flexibility index (Phi) is 4.55. The zero-order chi connectivity index (χ0) is 13.5. The van der Waals surface area contributed by atoms with Crippen LogP contribution in [0.3, 0.4) is 0 Å². The normalized spacial score (nSPS) is 10.2. The lowest BCUT2D eigenvalue weighted by Crippen LogP contribution is -2.24. The molecule has 5 heteroatoms. The summed E-state index contributed by atoms with van der Waals surface area (Å²) >= 11 is 0. The number of furan rings is 1. The Morgan fingerprint density at radius 1 is 1.26 bits per heavy atom. The number of benzene rings is 1. The summed E-state index contributed by atoms with van der Waals surface area (Å²) in [6.45, 7) is 0.609. The zero-order valence-corrected chi connectivity index (χ0v) is 10.3. The molecule has 2 rings (SSSR count). The van der Waals surface area contributed by atoms with Gasteiger partial charge in [0.1, 0.15) is 17.3 Å². The van der Waals surface area contributed by atoms with E-state index in [1.165, 1.54) is 24.3 Å². The molecule has 2 aromatic rings. The molecule has 0 radical (unpaired) electrons. The molecule has 1 heterocycles. The maximum Gasteiger partial charge on any atom is 0.223 e. The van der Waals surface area contributed by atoms with Crippen LogP contribution in [0.25, 0.3) is 0 Å². The minimum Gasteiger partial charge on any atom is -0.493 e. The average Bonchev–Trinajstić information content (AvgIpc) is 2.92. The lowest BCUT2D eigenvalue weighted by Gasteiger charge is -2.06. The second-order valence-electron chi connectivity index (χ2n) is 3.91. The average molecular weight is 263 g/mol. The fourth-order valence-corrected chi connectivity index (χ4v) is 1.48. The van der Waals surface area contributed by atoms with Crippen molar-refractivity contribution in [1.29, 1.82) is 0 Å². The fraction of sp³-hybridized carbons (Fsp3) is 0.214. The largest absolute Gasteiger partial charge is 0.493 e. The van der Waals surface area contributed by atoms with E-state index < -0.39 is 0 Å². The summed E-state index contributed by atoms with van der Waals surface area (Å²) in [5.41, 5.74) is 0. The van der Waals surface area contributed by atoms with Crippen LogP contribution in [0.2, 0.25) is 0 Å². The van der Waals surface area contributed by atoms with Crippen LogP contribution < -0.4 is 10.1 Å². The summed E-state index contributed by atoms with van der Waals surface area (Å²) in [5.74, 6) is 0.801. The molecule has 0 fully saturated rings. The van der Waals surface area contributed by atoms with Crippen molar-refractivity contribution in [1.82, 2.24) is 5.32 Å². The number of amides is 1. The van der Waals surface area contributed by atoms with Gasteiger partial charge in [-0.2, -0.15) is 0 Å². The number of hydrogen-bond acceptors (Lipinski definition) is 3. The Bertz CT molecular complexity index is 508. The minimum atomic E-state index is -0.316. The summed E-state index contributed by atoms with van der Waals surface area (Å²) < 4.78 is 23.0. The van der Waals surface area contributed by atoms with Crippen LogP contribution >= 0.6 is 0 Å². The summed E-state index contributed by atoms with van der Waals surface area (Å²) in [6.07, 6.45) is 1.79. The summed E-state index contributed by atoms with van der Waals surface area (Å²) in [6, 6.07) is 9.22. The number of carbonyl (C=O) groups excluding carboxylic acids is 1. The third-order valence-corrected chi connectivity index (χ3v) is 2.45. The molecule has 1 aromatic heterocycles. The molecule has 0 aliphatic heterocycles. The predicted molar refractivity (Wildman–Crippen MR) is 67.1 cm³/mol. The molecule has 100 valence electrons. The number of ether oxygens (including phenoxy) is 1. The molecule has 0 spiro atoms. The first kappa shape index (κ1) is 13.1. The van der Waals surface area contributed by atoms with E-state index >= 15 is 0 Å². The number of nitrogens with one attached hydrogen (secondary N) is 1. The van der Waals surface area contributed by atoms with Crippen molar-refractivity contribution in [2.24, 2.45) is 0 Å². The summed E-state index contributed by atoms with van der Waals surface area (Å²) in [7, 11) is 0. The smallest absolute Gasteiger partial charge is 0.223 e. The van der Waals surface area contributed by atoms with Crippen molar-refractivity contribution in [2.75, 3.05) is 6.61 Å². The van der Waals surface area contributed by atoms with E-state index in [-0.39, 0.29) is 24.8 Å². The topological polar surface area (TPSA) is 51.5 Å². The van der Waals surface area contributed by atoms with E-state index in [9.17, 15) is 9.18 Å². The second kappa shape index (κ2) is 6.58. The molecule has 0 saturated heterocycles. The maximum absolute atomic E-state index is 12.6. The van der Waals surface area contributed by atoms with E-state index in [2.05, 4.69) is 5.32 Å². The van der Waals surface area contributed by atoms with Crippen molar-refractivity contribution >= 4 is 5.91 Å². The van der Waals surface area contributed by atoms with Gasteiger partial charge < -0.3 is 14.5 Å². The van der Waals surface area contributed by atoms with E-state index in [1.807, 2.05) is 0 Å². The van der Waals surface area contributed by atoms with E-state index in [0.717, 1.165) is 0 Å². The van der Waals surface area contributed by atoms with Gasteiger partial charge in [-0.25, -0.2) is 4.39 Å². The van der Waals surface area contributed by atoms with Crippen LogP contribution in [0.1, 0.15) is 12.2 Å². The van der Waals surface area contributed by atoms with Gasteiger partial charge in [-0.1, -0.05) is 0 Å². The first-order chi connectivity index (χ1) is 9.24. The van der Waals surface area contributed by atoms with Crippen molar-refractivity contribution < 1.29 is 18.3 Å². The molecule has 19 heavy (non-hydrogen) atoms. The summed E-state index contributed by atoms with van der Waals surface area (Å²) in [5, 5.41) is 2.71. The van der Waals surface area contributed by atoms with Gasteiger partial charge in [-0.05, 0) is 36.4 Å². The van der Waals surface area contributed by atoms with Crippen molar-refractivity contribution in [2.45, 2.75) is 13.0 Å². The summed E-state index contributed by atoms with van der Waals surface area (Å²) in [4.78, 5) is 11.5.